The number of aryl methyl sites for hydroxylation is 2. The molecule has 16 heavy (non-hydrogen) atoms. The molecule has 0 saturated heterocycles. The predicted molar refractivity (Wildman–Crippen MR) is 62.9 cm³/mol. The van der Waals surface area contributed by atoms with E-state index in [-0.39, 0.29) is 11.4 Å². The van der Waals surface area contributed by atoms with Crippen molar-refractivity contribution >= 4 is 15.9 Å². The molecular weight excluding hydrogens is 275 g/mol. The van der Waals surface area contributed by atoms with E-state index in [2.05, 4.69) is 26.1 Å². The molecule has 0 unspecified atom stereocenters. The number of H-pyrrole nitrogens is 2. The fourth-order valence-electron chi connectivity index (χ4n) is 1.51. The van der Waals surface area contributed by atoms with Gasteiger partial charge in [0, 0.05) is 16.2 Å². The Morgan fingerprint density at radius 3 is 2.69 bits per heavy atom. The third kappa shape index (κ3) is 2.61. The number of aromatic amines is 2. The van der Waals surface area contributed by atoms with Gasteiger partial charge in [-0.2, -0.15) is 0 Å². The molecular formula is C11H10BrFN2O. The van der Waals surface area contributed by atoms with Crippen molar-refractivity contribution in [1.29, 1.82) is 0 Å². The van der Waals surface area contributed by atoms with E-state index in [0.717, 1.165) is 15.7 Å². The van der Waals surface area contributed by atoms with Crippen LogP contribution in [0.15, 0.2) is 33.5 Å². The Labute approximate surface area is 99.8 Å². The molecule has 1 aromatic carbocycles. The molecule has 2 N–H and O–H groups in total. The third-order valence-corrected chi connectivity index (χ3v) is 3.10. The van der Waals surface area contributed by atoms with Crippen molar-refractivity contribution in [1.82, 2.24) is 10.2 Å². The van der Waals surface area contributed by atoms with Crippen molar-refractivity contribution in [2.24, 2.45) is 0 Å². The van der Waals surface area contributed by atoms with Gasteiger partial charge in [-0.25, -0.2) is 4.39 Å². The second-order valence-corrected chi connectivity index (χ2v) is 4.37. The van der Waals surface area contributed by atoms with Crippen LogP contribution in [-0.4, -0.2) is 10.2 Å². The highest BCUT2D eigenvalue weighted by atomic mass is 79.9. The minimum absolute atomic E-state index is 0.145. The first kappa shape index (κ1) is 11.1. The smallest absolute Gasteiger partial charge is 0.264 e. The van der Waals surface area contributed by atoms with Gasteiger partial charge in [-0.1, -0.05) is 15.9 Å². The van der Waals surface area contributed by atoms with Gasteiger partial charge in [-0.15, -0.1) is 0 Å². The van der Waals surface area contributed by atoms with Gasteiger partial charge >= 0.3 is 0 Å². The Kier molecular flexibility index (Phi) is 3.24. The summed E-state index contributed by atoms with van der Waals surface area (Å²) in [5.74, 6) is -0.249. The monoisotopic (exact) mass is 284 g/mol. The average Bonchev–Trinajstić information content (AvgIpc) is 2.66. The Morgan fingerprint density at radius 2 is 2.00 bits per heavy atom. The van der Waals surface area contributed by atoms with Gasteiger partial charge in [0.15, 0.2) is 0 Å². The quantitative estimate of drug-likeness (QED) is 0.893. The minimum atomic E-state index is -0.249. The van der Waals surface area contributed by atoms with E-state index in [0.29, 0.717) is 12.8 Å². The molecule has 1 heterocycles. The first-order valence-electron chi connectivity index (χ1n) is 4.85. The van der Waals surface area contributed by atoms with Gasteiger partial charge in [0.2, 0.25) is 0 Å². The Hall–Kier alpha value is -1.36. The molecule has 0 fully saturated rings. The summed E-state index contributed by atoms with van der Waals surface area (Å²) in [6.07, 6.45) is 1.34. The fourth-order valence-corrected chi connectivity index (χ4v) is 1.96. The van der Waals surface area contributed by atoms with E-state index >= 15 is 0 Å². The molecule has 2 rings (SSSR count). The zero-order valence-electron chi connectivity index (χ0n) is 8.39. The lowest BCUT2D eigenvalue weighted by Crippen LogP contribution is -1.94. The average molecular weight is 285 g/mol. The van der Waals surface area contributed by atoms with Crippen molar-refractivity contribution < 1.29 is 4.39 Å². The number of hydrogen-bond donors (Lipinski definition) is 2. The van der Waals surface area contributed by atoms with Crippen LogP contribution in [0.25, 0.3) is 0 Å². The Balaban J connectivity index is 2.10. The topological polar surface area (TPSA) is 48.6 Å². The summed E-state index contributed by atoms with van der Waals surface area (Å²) in [7, 11) is 0. The van der Waals surface area contributed by atoms with Crippen LogP contribution in [0.1, 0.15) is 11.3 Å². The molecule has 2 aromatic rings. The van der Waals surface area contributed by atoms with Gasteiger partial charge in [-0.3, -0.25) is 9.89 Å². The van der Waals surface area contributed by atoms with E-state index in [9.17, 15) is 9.18 Å². The van der Waals surface area contributed by atoms with Crippen LogP contribution < -0.4 is 5.56 Å². The zero-order chi connectivity index (χ0) is 11.5. The van der Waals surface area contributed by atoms with Crippen LogP contribution in [0.4, 0.5) is 4.39 Å². The third-order valence-electron chi connectivity index (χ3n) is 2.32. The highest BCUT2D eigenvalue weighted by molar-refractivity contribution is 9.10. The van der Waals surface area contributed by atoms with Crippen molar-refractivity contribution in [2.45, 2.75) is 12.8 Å². The van der Waals surface area contributed by atoms with Crippen LogP contribution in [0.3, 0.4) is 0 Å². The summed E-state index contributed by atoms with van der Waals surface area (Å²) in [5, 5.41) is 5.23. The number of nitrogens with one attached hydrogen (secondary N) is 2. The van der Waals surface area contributed by atoms with Crippen LogP contribution in [0, 0.1) is 5.82 Å². The maximum atomic E-state index is 13.0. The predicted octanol–water partition coefficient (Wildman–Crippen LogP) is 2.39. The van der Waals surface area contributed by atoms with E-state index in [4.69, 9.17) is 0 Å². The summed E-state index contributed by atoms with van der Waals surface area (Å²) < 4.78 is 13.9. The molecule has 5 heteroatoms. The number of halogens is 2. The zero-order valence-corrected chi connectivity index (χ0v) is 9.97. The highest BCUT2D eigenvalue weighted by Crippen LogP contribution is 2.19. The first-order chi connectivity index (χ1) is 7.65. The van der Waals surface area contributed by atoms with Crippen LogP contribution in [0.2, 0.25) is 0 Å². The minimum Gasteiger partial charge on any atom is -0.302 e. The van der Waals surface area contributed by atoms with Crippen molar-refractivity contribution in [2.75, 3.05) is 0 Å². The normalized spacial score (nSPS) is 10.6. The van der Waals surface area contributed by atoms with Gasteiger partial charge in [-0.05, 0) is 36.6 Å². The van der Waals surface area contributed by atoms with Crippen LogP contribution >= 0.6 is 15.9 Å². The molecule has 0 aliphatic rings. The lowest BCUT2D eigenvalue weighted by Gasteiger charge is -2.03. The highest BCUT2D eigenvalue weighted by Gasteiger charge is 2.03. The Morgan fingerprint density at radius 1 is 1.19 bits per heavy atom. The van der Waals surface area contributed by atoms with E-state index in [1.54, 1.807) is 6.07 Å². The maximum Gasteiger partial charge on any atom is 0.264 e. The van der Waals surface area contributed by atoms with Crippen molar-refractivity contribution in [3.05, 3.63) is 56.2 Å². The SMILES string of the molecule is O=c1cc(CCc2cc(F)ccc2Br)[nH][nH]1. The summed E-state index contributed by atoms with van der Waals surface area (Å²) in [5.41, 5.74) is 1.57. The summed E-state index contributed by atoms with van der Waals surface area (Å²) >= 11 is 3.36. The van der Waals surface area contributed by atoms with Gasteiger partial charge in [0.25, 0.3) is 5.56 Å². The van der Waals surface area contributed by atoms with Crippen LogP contribution in [-0.2, 0) is 12.8 Å². The molecule has 0 aliphatic carbocycles. The standard InChI is InChI=1S/C11H10BrFN2O/c12-10-4-2-8(13)5-7(10)1-3-9-6-11(16)15-14-9/h2,4-6H,1,3H2,(H2,14,15,16). The molecule has 0 aliphatic heterocycles. The molecule has 1 aromatic heterocycles. The summed E-state index contributed by atoms with van der Waals surface area (Å²) in [6.45, 7) is 0. The molecule has 0 radical (unpaired) electrons. The van der Waals surface area contributed by atoms with Crippen molar-refractivity contribution in [3.8, 4) is 0 Å². The van der Waals surface area contributed by atoms with Gasteiger partial charge < -0.3 is 5.10 Å². The number of rotatable bonds is 3. The second kappa shape index (κ2) is 4.65. The van der Waals surface area contributed by atoms with E-state index in [1.165, 1.54) is 18.2 Å². The largest absolute Gasteiger partial charge is 0.302 e. The van der Waals surface area contributed by atoms with Crippen molar-refractivity contribution in [3.63, 3.8) is 0 Å². The lowest BCUT2D eigenvalue weighted by molar-refractivity contribution is 0.624. The van der Waals surface area contributed by atoms with Crippen LogP contribution in [0.5, 0.6) is 0 Å². The molecule has 84 valence electrons. The van der Waals surface area contributed by atoms with E-state index in [1.807, 2.05) is 0 Å². The summed E-state index contributed by atoms with van der Waals surface area (Å²) in [4.78, 5) is 10.9. The lowest BCUT2D eigenvalue weighted by atomic mass is 10.1. The number of hydrogen-bond acceptors (Lipinski definition) is 1. The molecule has 0 bridgehead atoms. The molecule has 3 nitrogen and oxygen atoms in total. The van der Waals surface area contributed by atoms with E-state index < -0.39 is 0 Å². The second-order valence-electron chi connectivity index (χ2n) is 3.52. The molecule has 0 spiro atoms. The van der Waals surface area contributed by atoms with Gasteiger partial charge in [0.05, 0.1) is 0 Å². The number of benzene rings is 1. The summed E-state index contributed by atoms with van der Waals surface area (Å²) in [6, 6.07) is 6.10. The first-order valence-corrected chi connectivity index (χ1v) is 5.65. The fraction of sp³-hybridized carbons (Fsp3) is 0.182. The Bertz CT molecular complexity index is 547. The van der Waals surface area contributed by atoms with Gasteiger partial charge in [0.1, 0.15) is 5.82 Å². The maximum absolute atomic E-state index is 13.0. The molecule has 0 atom stereocenters. The number of aromatic nitrogens is 2. The molecule has 0 saturated carbocycles. The molecule has 0 amide bonds.